The molecule has 5 heteroatoms. The monoisotopic (exact) mass is 356 g/mol. The summed E-state index contributed by atoms with van der Waals surface area (Å²) in [6.07, 6.45) is 8.97. The van der Waals surface area contributed by atoms with E-state index in [9.17, 15) is 0 Å². The van der Waals surface area contributed by atoms with E-state index in [1.807, 2.05) is 18.7 Å². The van der Waals surface area contributed by atoms with Gasteiger partial charge < -0.3 is 0 Å². The second-order valence-electron chi connectivity index (χ2n) is 6.52. The van der Waals surface area contributed by atoms with Gasteiger partial charge in [0, 0.05) is 19.5 Å². The van der Waals surface area contributed by atoms with Gasteiger partial charge in [0.1, 0.15) is 0 Å². The molecular formula is C16H29BrN4. The molecule has 1 aromatic heterocycles. The molecular weight excluding hydrogens is 328 g/mol. The Balaban J connectivity index is 1.97. The number of nitrogens with two attached hydrogens (primary N) is 1. The zero-order chi connectivity index (χ0) is 15.4. The number of nitrogens with zero attached hydrogens (tertiary/aromatic N) is 2. The molecule has 1 atom stereocenters. The highest BCUT2D eigenvalue weighted by molar-refractivity contribution is 9.10. The van der Waals surface area contributed by atoms with Crippen molar-refractivity contribution >= 4 is 15.9 Å². The Bertz CT molecular complexity index is 449. The fourth-order valence-corrected chi connectivity index (χ4v) is 4.26. The van der Waals surface area contributed by atoms with Gasteiger partial charge in [0.15, 0.2) is 0 Å². The summed E-state index contributed by atoms with van der Waals surface area (Å²) in [4.78, 5) is 0. The van der Waals surface area contributed by atoms with Crippen molar-refractivity contribution in [2.45, 2.75) is 64.8 Å². The lowest BCUT2D eigenvalue weighted by molar-refractivity contribution is 0.211. The first-order valence-electron chi connectivity index (χ1n) is 8.20. The van der Waals surface area contributed by atoms with Crippen LogP contribution >= 0.6 is 15.9 Å². The fourth-order valence-electron chi connectivity index (χ4n) is 3.76. The van der Waals surface area contributed by atoms with E-state index in [0.717, 1.165) is 22.5 Å². The summed E-state index contributed by atoms with van der Waals surface area (Å²) in [5, 5.41) is 4.48. The number of aryl methyl sites for hydroxylation is 2. The summed E-state index contributed by atoms with van der Waals surface area (Å²) in [5.41, 5.74) is 5.36. The van der Waals surface area contributed by atoms with E-state index < -0.39 is 0 Å². The third kappa shape index (κ3) is 4.08. The Labute approximate surface area is 137 Å². The number of hydrogen-bond acceptors (Lipinski definition) is 3. The number of halogens is 1. The Hall–Kier alpha value is -0.390. The first-order valence-corrected chi connectivity index (χ1v) is 9.00. The maximum atomic E-state index is 5.86. The van der Waals surface area contributed by atoms with E-state index in [1.165, 1.54) is 44.2 Å². The van der Waals surface area contributed by atoms with Gasteiger partial charge in [-0.2, -0.15) is 5.10 Å². The molecule has 1 heterocycles. The predicted octanol–water partition coefficient (Wildman–Crippen LogP) is 3.47. The SMILES string of the molecule is CCCC1CCC(C(Cc2c(Br)c(C)nn2C)NN)CC1. The molecule has 3 N–H and O–H groups in total. The lowest BCUT2D eigenvalue weighted by atomic mass is 9.76. The summed E-state index contributed by atoms with van der Waals surface area (Å²) in [6, 6.07) is 0.346. The van der Waals surface area contributed by atoms with Crippen LogP contribution in [0, 0.1) is 18.8 Å². The molecule has 4 nitrogen and oxygen atoms in total. The van der Waals surface area contributed by atoms with Crippen molar-refractivity contribution < 1.29 is 0 Å². The highest BCUT2D eigenvalue weighted by atomic mass is 79.9. The van der Waals surface area contributed by atoms with Crippen molar-refractivity contribution in [1.29, 1.82) is 0 Å². The number of aromatic nitrogens is 2. The average molecular weight is 357 g/mol. The molecule has 1 unspecified atom stereocenters. The lowest BCUT2D eigenvalue weighted by Gasteiger charge is -2.33. The second kappa shape index (κ2) is 7.75. The Morgan fingerprint density at radius 3 is 2.52 bits per heavy atom. The van der Waals surface area contributed by atoms with Crippen LogP contribution in [0.3, 0.4) is 0 Å². The van der Waals surface area contributed by atoms with Crippen LogP contribution in [0.2, 0.25) is 0 Å². The van der Waals surface area contributed by atoms with Crippen LogP contribution in [-0.2, 0) is 13.5 Å². The van der Waals surface area contributed by atoms with Crippen LogP contribution < -0.4 is 11.3 Å². The van der Waals surface area contributed by atoms with Crippen molar-refractivity contribution in [3.8, 4) is 0 Å². The van der Waals surface area contributed by atoms with Crippen LogP contribution in [0.1, 0.15) is 56.8 Å². The maximum absolute atomic E-state index is 5.86. The van der Waals surface area contributed by atoms with Gasteiger partial charge in [0.2, 0.25) is 0 Å². The number of rotatable bonds is 6. The van der Waals surface area contributed by atoms with E-state index in [-0.39, 0.29) is 0 Å². The zero-order valence-corrected chi connectivity index (χ0v) is 15.1. The molecule has 2 rings (SSSR count). The van der Waals surface area contributed by atoms with Crippen LogP contribution in [0.15, 0.2) is 4.47 Å². The number of hydrogen-bond donors (Lipinski definition) is 2. The fraction of sp³-hybridized carbons (Fsp3) is 0.812. The summed E-state index contributed by atoms with van der Waals surface area (Å²) < 4.78 is 3.11. The molecule has 0 amide bonds. The van der Waals surface area contributed by atoms with Gasteiger partial charge in [0.25, 0.3) is 0 Å². The van der Waals surface area contributed by atoms with Gasteiger partial charge in [-0.3, -0.25) is 16.0 Å². The summed E-state index contributed by atoms with van der Waals surface area (Å²) in [5.74, 6) is 7.48. The minimum absolute atomic E-state index is 0.346. The van der Waals surface area contributed by atoms with Crippen LogP contribution in [0.4, 0.5) is 0 Å². The van der Waals surface area contributed by atoms with Gasteiger partial charge in [-0.25, -0.2) is 0 Å². The van der Waals surface area contributed by atoms with Gasteiger partial charge in [0.05, 0.1) is 15.9 Å². The van der Waals surface area contributed by atoms with Gasteiger partial charge in [-0.15, -0.1) is 0 Å². The molecule has 1 saturated carbocycles. The first kappa shape index (κ1) is 17.0. The predicted molar refractivity (Wildman–Crippen MR) is 90.8 cm³/mol. The molecule has 1 aliphatic rings. The van der Waals surface area contributed by atoms with E-state index in [0.29, 0.717) is 12.0 Å². The van der Waals surface area contributed by atoms with Crippen molar-refractivity contribution in [1.82, 2.24) is 15.2 Å². The molecule has 0 bridgehead atoms. The van der Waals surface area contributed by atoms with Gasteiger partial charge >= 0.3 is 0 Å². The van der Waals surface area contributed by atoms with Crippen LogP contribution in [0.25, 0.3) is 0 Å². The van der Waals surface area contributed by atoms with Crippen molar-refractivity contribution in [3.05, 3.63) is 15.9 Å². The summed E-state index contributed by atoms with van der Waals surface area (Å²) >= 11 is 3.66. The Kier molecular flexibility index (Phi) is 6.26. The van der Waals surface area contributed by atoms with Gasteiger partial charge in [-0.1, -0.05) is 32.6 Å². The first-order chi connectivity index (χ1) is 10.1. The lowest BCUT2D eigenvalue weighted by Crippen LogP contribution is -2.44. The molecule has 0 aromatic carbocycles. The largest absolute Gasteiger partial charge is 0.271 e. The number of hydrazine groups is 1. The smallest absolute Gasteiger partial charge is 0.0738 e. The minimum Gasteiger partial charge on any atom is -0.271 e. The molecule has 0 aliphatic heterocycles. The van der Waals surface area contributed by atoms with Crippen molar-refractivity contribution in [3.63, 3.8) is 0 Å². The molecule has 1 aliphatic carbocycles. The molecule has 0 spiro atoms. The average Bonchev–Trinajstić information content (AvgIpc) is 2.72. The maximum Gasteiger partial charge on any atom is 0.0738 e. The topological polar surface area (TPSA) is 55.9 Å². The summed E-state index contributed by atoms with van der Waals surface area (Å²) in [7, 11) is 2.01. The third-order valence-electron chi connectivity index (χ3n) is 5.05. The van der Waals surface area contributed by atoms with E-state index in [4.69, 9.17) is 5.84 Å². The van der Waals surface area contributed by atoms with Crippen LogP contribution in [-0.4, -0.2) is 15.8 Å². The highest BCUT2D eigenvalue weighted by Crippen LogP contribution is 2.34. The molecule has 1 aromatic rings. The highest BCUT2D eigenvalue weighted by Gasteiger charge is 2.28. The van der Waals surface area contributed by atoms with E-state index in [2.05, 4.69) is 33.4 Å². The van der Waals surface area contributed by atoms with Crippen LogP contribution in [0.5, 0.6) is 0 Å². The quantitative estimate of drug-likeness (QED) is 0.605. The van der Waals surface area contributed by atoms with Crippen molar-refractivity contribution in [2.24, 2.45) is 24.7 Å². The Morgan fingerprint density at radius 1 is 1.38 bits per heavy atom. The second-order valence-corrected chi connectivity index (χ2v) is 7.31. The van der Waals surface area contributed by atoms with E-state index >= 15 is 0 Å². The number of nitrogens with one attached hydrogen (secondary N) is 1. The molecule has 120 valence electrons. The van der Waals surface area contributed by atoms with Gasteiger partial charge in [-0.05, 0) is 47.5 Å². The molecule has 0 saturated heterocycles. The Morgan fingerprint density at radius 2 is 2.05 bits per heavy atom. The standard InChI is InChI=1S/C16H29BrN4/c1-4-5-12-6-8-13(9-7-12)14(19-18)10-15-16(17)11(2)20-21(15)3/h12-14,19H,4-10,18H2,1-3H3. The van der Waals surface area contributed by atoms with E-state index in [1.54, 1.807) is 0 Å². The van der Waals surface area contributed by atoms with Crippen molar-refractivity contribution in [2.75, 3.05) is 0 Å². The zero-order valence-electron chi connectivity index (χ0n) is 13.5. The molecule has 0 radical (unpaired) electrons. The third-order valence-corrected chi connectivity index (χ3v) is 6.08. The minimum atomic E-state index is 0.346. The molecule has 1 fully saturated rings. The normalized spacial score (nSPS) is 24.2. The summed E-state index contributed by atoms with van der Waals surface area (Å²) in [6.45, 7) is 4.33. The molecule has 21 heavy (non-hydrogen) atoms.